The van der Waals surface area contributed by atoms with Crippen LogP contribution in [0.2, 0.25) is 0 Å². The SMILES string of the molecule is CCCNc1ccc(CSc2n[nH]c(=O)n2C(C)C)cn1. The van der Waals surface area contributed by atoms with Crippen molar-refractivity contribution >= 4 is 17.6 Å². The Bertz CT molecular complexity index is 617. The minimum Gasteiger partial charge on any atom is -0.370 e. The second kappa shape index (κ2) is 7.31. The maximum Gasteiger partial charge on any atom is 0.344 e. The van der Waals surface area contributed by atoms with Gasteiger partial charge in [0.05, 0.1) is 0 Å². The van der Waals surface area contributed by atoms with Crippen LogP contribution in [0.4, 0.5) is 5.82 Å². The van der Waals surface area contributed by atoms with Crippen LogP contribution in [0.5, 0.6) is 0 Å². The van der Waals surface area contributed by atoms with E-state index in [1.807, 2.05) is 32.2 Å². The first kappa shape index (κ1) is 15.6. The van der Waals surface area contributed by atoms with Crippen LogP contribution < -0.4 is 11.0 Å². The van der Waals surface area contributed by atoms with Gasteiger partial charge in [0.1, 0.15) is 5.82 Å². The molecule has 0 saturated carbocycles. The van der Waals surface area contributed by atoms with Gasteiger partial charge in [0.25, 0.3) is 0 Å². The van der Waals surface area contributed by atoms with Crippen molar-refractivity contribution in [2.75, 3.05) is 11.9 Å². The van der Waals surface area contributed by atoms with Crippen molar-refractivity contribution in [2.45, 2.75) is 44.1 Å². The lowest BCUT2D eigenvalue weighted by Crippen LogP contribution is -2.19. The highest BCUT2D eigenvalue weighted by Gasteiger charge is 2.11. The Hall–Kier alpha value is -1.76. The molecule has 2 aromatic heterocycles. The van der Waals surface area contributed by atoms with Gasteiger partial charge in [-0.05, 0) is 31.9 Å². The summed E-state index contributed by atoms with van der Waals surface area (Å²) in [6, 6.07) is 4.12. The number of hydrogen-bond acceptors (Lipinski definition) is 5. The number of anilines is 1. The number of aromatic amines is 1. The lowest BCUT2D eigenvalue weighted by molar-refractivity contribution is 0.534. The third-order valence-electron chi connectivity index (χ3n) is 2.94. The van der Waals surface area contributed by atoms with E-state index in [1.165, 1.54) is 11.8 Å². The molecule has 0 unspecified atom stereocenters. The Morgan fingerprint density at radius 1 is 1.43 bits per heavy atom. The molecule has 21 heavy (non-hydrogen) atoms. The molecule has 0 aliphatic rings. The van der Waals surface area contributed by atoms with Crippen molar-refractivity contribution in [1.29, 1.82) is 0 Å². The average Bonchev–Trinajstić information content (AvgIpc) is 2.85. The van der Waals surface area contributed by atoms with Gasteiger partial charge in [0, 0.05) is 24.5 Å². The highest BCUT2D eigenvalue weighted by Crippen LogP contribution is 2.21. The van der Waals surface area contributed by atoms with E-state index in [1.54, 1.807) is 4.57 Å². The molecule has 0 amide bonds. The molecule has 0 aliphatic carbocycles. The molecule has 0 aromatic carbocycles. The predicted octanol–water partition coefficient (Wildman–Crippen LogP) is 2.66. The Labute approximate surface area is 128 Å². The van der Waals surface area contributed by atoms with Gasteiger partial charge in [0.15, 0.2) is 5.16 Å². The lowest BCUT2D eigenvalue weighted by atomic mass is 10.3. The molecule has 0 atom stereocenters. The smallest absolute Gasteiger partial charge is 0.344 e. The number of thioether (sulfide) groups is 1. The zero-order valence-corrected chi connectivity index (χ0v) is 13.4. The van der Waals surface area contributed by atoms with Gasteiger partial charge in [0.2, 0.25) is 0 Å². The van der Waals surface area contributed by atoms with Crippen molar-refractivity contribution in [1.82, 2.24) is 19.7 Å². The standard InChI is InChI=1S/C14H21N5OS/c1-4-7-15-12-6-5-11(8-16-12)9-21-14-18-17-13(20)19(14)10(2)3/h5-6,8,10H,4,7,9H2,1-3H3,(H,15,16)(H,17,20). The van der Waals surface area contributed by atoms with E-state index in [4.69, 9.17) is 0 Å². The second-order valence-corrected chi connectivity index (χ2v) is 5.98. The fourth-order valence-electron chi connectivity index (χ4n) is 1.86. The van der Waals surface area contributed by atoms with Crippen molar-refractivity contribution in [3.63, 3.8) is 0 Å². The Balaban J connectivity index is 1.98. The first-order valence-corrected chi connectivity index (χ1v) is 8.09. The molecule has 0 spiro atoms. The molecule has 0 fully saturated rings. The summed E-state index contributed by atoms with van der Waals surface area (Å²) in [5, 5.41) is 10.5. The van der Waals surface area contributed by atoms with Gasteiger partial charge in [-0.3, -0.25) is 4.57 Å². The molecule has 7 heteroatoms. The van der Waals surface area contributed by atoms with E-state index in [0.29, 0.717) is 5.16 Å². The van der Waals surface area contributed by atoms with E-state index in [9.17, 15) is 4.79 Å². The van der Waals surface area contributed by atoms with E-state index >= 15 is 0 Å². The van der Waals surface area contributed by atoms with Gasteiger partial charge < -0.3 is 5.32 Å². The third kappa shape index (κ3) is 4.10. The number of rotatable bonds is 7. The molecule has 2 aromatic rings. The Kier molecular flexibility index (Phi) is 5.44. The number of nitrogens with one attached hydrogen (secondary N) is 2. The number of H-pyrrole nitrogens is 1. The van der Waals surface area contributed by atoms with Crippen molar-refractivity contribution in [3.05, 3.63) is 34.4 Å². The fraction of sp³-hybridized carbons (Fsp3) is 0.500. The summed E-state index contributed by atoms with van der Waals surface area (Å²) >= 11 is 1.53. The summed E-state index contributed by atoms with van der Waals surface area (Å²) in [5.74, 6) is 1.63. The second-order valence-electron chi connectivity index (χ2n) is 5.04. The maximum atomic E-state index is 11.6. The fourth-order valence-corrected chi connectivity index (χ4v) is 2.87. The van der Waals surface area contributed by atoms with Crippen LogP contribution in [0.1, 0.15) is 38.8 Å². The number of aromatic nitrogens is 4. The van der Waals surface area contributed by atoms with Crippen molar-refractivity contribution < 1.29 is 0 Å². The van der Waals surface area contributed by atoms with Crippen LogP contribution in [0, 0.1) is 0 Å². The topological polar surface area (TPSA) is 75.6 Å². The summed E-state index contributed by atoms with van der Waals surface area (Å²) < 4.78 is 1.66. The van der Waals surface area contributed by atoms with Crippen molar-refractivity contribution in [2.24, 2.45) is 0 Å². The average molecular weight is 307 g/mol. The summed E-state index contributed by atoms with van der Waals surface area (Å²) in [6.45, 7) is 6.98. The molecule has 0 saturated heterocycles. The van der Waals surface area contributed by atoms with E-state index in [0.717, 1.165) is 30.1 Å². The van der Waals surface area contributed by atoms with Crippen LogP contribution in [-0.2, 0) is 5.75 Å². The molecule has 2 rings (SSSR count). The molecule has 2 N–H and O–H groups in total. The van der Waals surface area contributed by atoms with Crippen LogP contribution in [0.15, 0.2) is 28.3 Å². The molecule has 114 valence electrons. The van der Waals surface area contributed by atoms with Crippen molar-refractivity contribution in [3.8, 4) is 0 Å². The van der Waals surface area contributed by atoms with E-state index in [-0.39, 0.29) is 11.7 Å². The zero-order valence-electron chi connectivity index (χ0n) is 12.6. The number of hydrogen-bond donors (Lipinski definition) is 2. The summed E-state index contributed by atoms with van der Waals surface area (Å²) in [4.78, 5) is 16.0. The van der Waals surface area contributed by atoms with Gasteiger partial charge in [-0.2, -0.15) is 0 Å². The number of pyridine rings is 1. The first-order valence-electron chi connectivity index (χ1n) is 7.10. The van der Waals surface area contributed by atoms with Gasteiger partial charge in [-0.15, -0.1) is 5.10 Å². The molecular weight excluding hydrogens is 286 g/mol. The Morgan fingerprint density at radius 2 is 2.24 bits per heavy atom. The highest BCUT2D eigenvalue weighted by atomic mass is 32.2. The summed E-state index contributed by atoms with van der Waals surface area (Å²) in [6.07, 6.45) is 2.93. The Morgan fingerprint density at radius 3 is 2.86 bits per heavy atom. The molecule has 2 heterocycles. The zero-order chi connectivity index (χ0) is 15.2. The molecule has 6 nitrogen and oxygen atoms in total. The predicted molar refractivity (Wildman–Crippen MR) is 85.8 cm³/mol. The minimum absolute atomic E-state index is 0.0949. The van der Waals surface area contributed by atoms with Gasteiger partial charge in [-0.1, -0.05) is 24.8 Å². The molecule has 0 radical (unpaired) electrons. The van der Waals surface area contributed by atoms with Crippen LogP contribution >= 0.6 is 11.8 Å². The third-order valence-corrected chi connectivity index (χ3v) is 3.96. The summed E-state index contributed by atoms with van der Waals surface area (Å²) in [7, 11) is 0. The monoisotopic (exact) mass is 307 g/mol. The van der Waals surface area contributed by atoms with Crippen LogP contribution in [-0.4, -0.2) is 26.3 Å². The van der Waals surface area contributed by atoms with Gasteiger partial charge in [-0.25, -0.2) is 14.9 Å². The van der Waals surface area contributed by atoms with E-state index in [2.05, 4.69) is 27.4 Å². The lowest BCUT2D eigenvalue weighted by Gasteiger charge is -2.08. The molecule has 0 aliphatic heterocycles. The highest BCUT2D eigenvalue weighted by molar-refractivity contribution is 7.98. The molecular formula is C14H21N5OS. The largest absolute Gasteiger partial charge is 0.370 e. The minimum atomic E-state index is -0.162. The number of nitrogens with zero attached hydrogens (tertiary/aromatic N) is 3. The van der Waals surface area contributed by atoms with Crippen LogP contribution in [0.25, 0.3) is 0 Å². The van der Waals surface area contributed by atoms with E-state index < -0.39 is 0 Å². The van der Waals surface area contributed by atoms with Gasteiger partial charge >= 0.3 is 5.69 Å². The molecule has 0 bridgehead atoms. The quantitative estimate of drug-likeness (QED) is 0.769. The van der Waals surface area contributed by atoms with Crippen LogP contribution in [0.3, 0.4) is 0 Å². The first-order chi connectivity index (χ1) is 10.1. The maximum absolute atomic E-state index is 11.6. The normalized spacial score (nSPS) is 11.0. The summed E-state index contributed by atoms with van der Waals surface area (Å²) in [5.41, 5.74) is 0.942.